The maximum atomic E-state index is 15.8. The number of benzene rings is 9. The zero-order valence-corrected chi connectivity index (χ0v) is 60.2. The molecule has 10 atom stereocenters. The fourth-order valence-corrected chi connectivity index (χ4v) is 13.1. The van der Waals surface area contributed by atoms with Gasteiger partial charge >= 0.3 is 53.0 Å². The number of carbonyl (C=O) groups is 7. The highest BCUT2D eigenvalue weighted by Crippen LogP contribution is 2.57. The lowest BCUT2D eigenvalue weighted by atomic mass is 9.91. The molecule has 0 spiro atoms. The molecule has 2 saturated heterocycles. The van der Waals surface area contributed by atoms with Crippen LogP contribution in [0.25, 0.3) is 43.8 Å². The summed E-state index contributed by atoms with van der Waals surface area (Å²) in [6.07, 6.45) is -26.4. The van der Waals surface area contributed by atoms with Crippen LogP contribution in [-0.2, 0) is 42.6 Å². The standard InChI is InChI=1S/C75H52O48/c76-13-36-52(96)61(119-65(101)15-1-24(77)43(87)25(78)2-15)63(74(110)114-36)121-72(108)22-12-34(50(94)55(99)42(22)86)112-33-10-20-39(54(98)49(33)93)38-18(7-30(83)46(90)53(38)97)68(104)111-14-37-58(116-70(20)106)62(120-66(102)16-3-26(79)44(88)27(80)4-16)64(122-67(103)17-5-28(81)45(89)29(82)6-17)75(115-37)123-73(109)23-9-31(84)47(91)56(100)57(23)113-35-11-21-41-40-19(69(105)118-60(41)51(35)95)8-32(85)48(92)59(40)117-71(21)107/h1-12,36-37,52,58,61-64,74-100,110H,13-14H2/t36-,37-,52-,58-,61+,62+,63-,64-,74-,75+/m1/s1. The number of cyclic esters (lactones) is 1. The van der Waals surface area contributed by atoms with Gasteiger partial charge in [0.05, 0.1) is 45.2 Å². The topological polar surface area (TPSA) is 807 Å². The lowest BCUT2D eigenvalue weighted by Gasteiger charge is -2.43. The average molecular weight is 1720 g/mol. The molecular formula is C75H52O48. The van der Waals surface area contributed by atoms with Gasteiger partial charge in [-0.2, -0.15) is 0 Å². The molecule has 0 amide bonds. The van der Waals surface area contributed by atoms with Gasteiger partial charge in [0, 0.05) is 46.2 Å². The molecule has 3 aliphatic rings. The first kappa shape index (κ1) is 82.5. The van der Waals surface area contributed by atoms with Gasteiger partial charge in [0.15, 0.2) is 151 Å². The van der Waals surface area contributed by atoms with Crippen LogP contribution < -0.4 is 20.7 Å². The third-order valence-corrected chi connectivity index (χ3v) is 19.2. The zero-order valence-electron chi connectivity index (χ0n) is 60.2. The van der Waals surface area contributed by atoms with E-state index in [0.29, 0.717) is 48.5 Å². The highest BCUT2D eigenvalue weighted by atomic mass is 16.8. The predicted octanol–water partition coefficient (Wildman–Crippen LogP) is 2.52. The van der Waals surface area contributed by atoms with Gasteiger partial charge in [0.25, 0.3) is 0 Å². The minimum absolute atomic E-state index is 0.187. The number of hydrogen-bond donors (Lipinski definition) is 26. The molecule has 2 fully saturated rings. The maximum Gasteiger partial charge on any atom is 0.344 e. The van der Waals surface area contributed by atoms with Crippen LogP contribution in [0.2, 0.25) is 0 Å². The largest absolute Gasteiger partial charge is 0.504 e. The van der Waals surface area contributed by atoms with Crippen molar-refractivity contribution >= 4 is 74.5 Å². The summed E-state index contributed by atoms with van der Waals surface area (Å²) in [5.74, 6) is -52.5. The van der Waals surface area contributed by atoms with Crippen molar-refractivity contribution < 1.29 is 227 Å². The van der Waals surface area contributed by atoms with Crippen LogP contribution >= 0.6 is 0 Å². The van der Waals surface area contributed by atoms with E-state index in [9.17, 15) is 166 Å². The molecule has 11 aromatic rings. The van der Waals surface area contributed by atoms with Crippen molar-refractivity contribution in [3.63, 3.8) is 0 Å². The first-order valence-electron chi connectivity index (χ1n) is 34.2. The molecule has 2 aromatic heterocycles. The van der Waals surface area contributed by atoms with Crippen LogP contribution in [0.4, 0.5) is 0 Å². The maximum absolute atomic E-state index is 15.8. The van der Waals surface area contributed by atoms with Gasteiger partial charge in [-0.15, -0.1) is 0 Å². The van der Waals surface area contributed by atoms with Crippen molar-refractivity contribution in [3.8, 4) is 166 Å². The Labute approximate surface area is 673 Å². The van der Waals surface area contributed by atoms with Crippen molar-refractivity contribution in [1.29, 1.82) is 0 Å². The Hall–Kier alpha value is -17.0. The number of aromatic hydroxyl groups is 23. The molecule has 640 valence electrons. The van der Waals surface area contributed by atoms with E-state index in [1.165, 1.54) is 0 Å². The van der Waals surface area contributed by atoms with Crippen molar-refractivity contribution in [2.75, 3.05) is 13.2 Å². The number of phenols is 23. The lowest BCUT2D eigenvalue weighted by molar-refractivity contribution is -0.285. The molecule has 0 bridgehead atoms. The first-order chi connectivity index (χ1) is 58.0. The molecular weight excluding hydrogens is 1670 g/mol. The van der Waals surface area contributed by atoms with Gasteiger partial charge in [-0.1, -0.05) is 0 Å². The lowest BCUT2D eigenvalue weighted by Crippen LogP contribution is -2.63. The Kier molecular flexibility index (Phi) is 20.5. The van der Waals surface area contributed by atoms with Gasteiger partial charge in [0.1, 0.15) is 36.0 Å². The van der Waals surface area contributed by atoms with E-state index in [2.05, 4.69) is 0 Å². The number of phenolic OH excluding ortho intramolecular Hbond substituents is 23. The fourth-order valence-electron chi connectivity index (χ4n) is 13.1. The van der Waals surface area contributed by atoms with E-state index >= 15 is 9.59 Å². The van der Waals surface area contributed by atoms with Crippen LogP contribution in [0.1, 0.15) is 72.5 Å². The molecule has 3 aliphatic heterocycles. The second-order valence-corrected chi connectivity index (χ2v) is 26.6. The summed E-state index contributed by atoms with van der Waals surface area (Å²) < 4.78 is 72.1. The Morgan fingerprint density at radius 3 is 1.34 bits per heavy atom. The smallest absolute Gasteiger partial charge is 0.344 e. The molecule has 0 radical (unpaired) electrons. The molecule has 0 unspecified atom stereocenters. The molecule has 0 saturated carbocycles. The number of rotatable bonds is 15. The normalized spacial score (nSPS) is 19.4. The van der Waals surface area contributed by atoms with Crippen molar-refractivity contribution in [2.24, 2.45) is 0 Å². The summed E-state index contributed by atoms with van der Waals surface area (Å²) in [4.78, 5) is 130. The van der Waals surface area contributed by atoms with E-state index in [1.807, 2.05) is 0 Å². The van der Waals surface area contributed by atoms with Crippen LogP contribution in [0.3, 0.4) is 0 Å². The van der Waals surface area contributed by atoms with E-state index in [4.69, 9.17) is 60.9 Å². The number of fused-ring (bicyclic) bond motifs is 4. The molecule has 26 N–H and O–H groups in total. The molecule has 0 aliphatic carbocycles. The van der Waals surface area contributed by atoms with Gasteiger partial charge in [0.2, 0.25) is 58.4 Å². The second kappa shape index (κ2) is 30.5. The predicted molar refractivity (Wildman–Crippen MR) is 384 cm³/mol. The second-order valence-electron chi connectivity index (χ2n) is 26.6. The van der Waals surface area contributed by atoms with E-state index < -0.39 is 366 Å². The van der Waals surface area contributed by atoms with E-state index in [1.54, 1.807) is 0 Å². The summed E-state index contributed by atoms with van der Waals surface area (Å²) in [5.41, 5.74) is -16.2. The Morgan fingerprint density at radius 2 is 0.797 bits per heavy atom. The van der Waals surface area contributed by atoms with Gasteiger partial charge in [-0.3, -0.25) is 0 Å². The van der Waals surface area contributed by atoms with E-state index in [-0.39, 0.29) is 24.3 Å². The number of carbonyl (C=O) groups excluding carboxylic acids is 7. The Bertz CT molecular complexity index is 6450. The molecule has 9 aromatic carbocycles. The number of ether oxygens (including phenoxy) is 11. The summed E-state index contributed by atoms with van der Waals surface area (Å²) in [7, 11) is 0. The highest BCUT2D eigenvalue weighted by molar-refractivity contribution is 6.22. The monoisotopic (exact) mass is 1720 g/mol. The zero-order chi connectivity index (χ0) is 89.3. The number of hydrogen-bond acceptors (Lipinski definition) is 48. The van der Waals surface area contributed by atoms with E-state index in [0.717, 1.165) is 0 Å². The summed E-state index contributed by atoms with van der Waals surface area (Å²) in [6.45, 7) is -2.80. The van der Waals surface area contributed by atoms with Gasteiger partial charge in [-0.25, -0.2) is 43.2 Å². The SMILES string of the molecule is O=C(O[C@@H]1[C@@H](OC(=O)c2cc(O)c(O)c(O)c2)[C@H](OC(=O)c2cc(O)c(O)c(O)c2Oc2cc3c(=O)oc4c(O)c(O)cc5c(=O)oc(c2O)c3c45)O[C@@H]2COC(=O)c3cc(O)c(O)c(O)c3-c3c(cc(Oc4cc(C(=O)O[C@@H]5[C@@H](OC(=O)c6cc(O)c(O)c(O)c6)[C@H](O)[C@@H](CO)O[C@H]5O)c(O)c(O)c4O)c(O)c3O)C(=O)O[C@@H]12)c1cc(O)c(O)c(O)c1. The van der Waals surface area contributed by atoms with Crippen LogP contribution in [-0.4, -0.2) is 249 Å². The molecule has 14 rings (SSSR count). The third kappa shape index (κ3) is 14.0. The minimum Gasteiger partial charge on any atom is -0.504 e. The van der Waals surface area contributed by atoms with Gasteiger partial charge < -0.3 is 194 Å². The Balaban J connectivity index is 0.895. The Morgan fingerprint density at radius 1 is 0.366 bits per heavy atom. The van der Waals surface area contributed by atoms with Crippen molar-refractivity contribution in [2.45, 2.75) is 61.4 Å². The molecule has 123 heavy (non-hydrogen) atoms. The third-order valence-electron chi connectivity index (χ3n) is 19.2. The molecule has 48 nitrogen and oxygen atoms in total. The van der Waals surface area contributed by atoms with Crippen LogP contribution in [0.5, 0.6) is 155 Å². The summed E-state index contributed by atoms with van der Waals surface area (Å²) in [5, 5.41) is 281. The van der Waals surface area contributed by atoms with Crippen molar-refractivity contribution in [3.05, 3.63) is 133 Å². The number of aliphatic hydroxyl groups is 3. The number of aliphatic hydroxyl groups excluding tert-OH is 3. The minimum atomic E-state index is -3.08. The highest BCUT2D eigenvalue weighted by Gasteiger charge is 2.57. The number of esters is 7. The van der Waals surface area contributed by atoms with Crippen LogP contribution in [0, 0.1) is 0 Å². The fraction of sp³-hybridized carbons (Fsp3) is 0.160. The summed E-state index contributed by atoms with van der Waals surface area (Å²) in [6, 6.07) is 4.68. The average Bonchev–Trinajstić information content (AvgIpc) is 0.842. The van der Waals surface area contributed by atoms with Gasteiger partial charge in [-0.05, 0) is 48.5 Å². The first-order valence-corrected chi connectivity index (χ1v) is 34.2. The molecule has 5 heterocycles. The quantitative estimate of drug-likeness (QED) is 0.0230. The van der Waals surface area contributed by atoms with Crippen molar-refractivity contribution in [1.82, 2.24) is 0 Å². The molecule has 48 heteroatoms. The van der Waals surface area contributed by atoms with Crippen LogP contribution in [0.15, 0.2) is 91.2 Å². The summed E-state index contributed by atoms with van der Waals surface area (Å²) >= 11 is 0.